The third-order valence-corrected chi connectivity index (χ3v) is 3.84. The van der Waals surface area contributed by atoms with Gasteiger partial charge in [0.05, 0.1) is 16.7 Å². The summed E-state index contributed by atoms with van der Waals surface area (Å²) in [5.41, 5.74) is 1.74. The van der Waals surface area contributed by atoms with Gasteiger partial charge in [-0.3, -0.25) is 4.57 Å². The lowest BCUT2D eigenvalue weighted by molar-refractivity contribution is 0.577. The molecule has 0 bridgehead atoms. The number of imidazole rings is 1. The number of halogens is 4. The van der Waals surface area contributed by atoms with E-state index < -0.39 is 11.6 Å². The van der Waals surface area contributed by atoms with Crippen LogP contribution in [0.5, 0.6) is 0 Å². The first-order chi connectivity index (χ1) is 10.1. The van der Waals surface area contributed by atoms with Crippen LogP contribution in [0.15, 0.2) is 40.9 Å². The first-order valence-electron chi connectivity index (χ1n) is 6.28. The molecule has 0 aliphatic carbocycles. The average Bonchev–Trinajstić information content (AvgIpc) is 2.77. The number of nitrogens with zero attached hydrogens (tertiary/aromatic N) is 2. The van der Waals surface area contributed by atoms with Crippen LogP contribution in [0, 0.1) is 11.6 Å². The topological polar surface area (TPSA) is 17.8 Å². The number of hydrogen-bond acceptors (Lipinski definition) is 1. The van der Waals surface area contributed by atoms with Crippen LogP contribution in [0.2, 0.25) is 0 Å². The maximum Gasteiger partial charge on any atom is 0.150 e. The van der Waals surface area contributed by atoms with E-state index >= 15 is 0 Å². The molecule has 6 heteroatoms. The monoisotopic (exact) mass is 370 g/mol. The molecule has 3 rings (SSSR count). The van der Waals surface area contributed by atoms with Crippen molar-refractivity contribution < 1.29 is 8.78 Å². The molecule has 0 unspecified atom stereocenters. The number of benzene rings is 2. The van der Waals surface area contributed by atoms with Crippen molar-refractivity contribution in [3.8, 4) is 5.69 Å². The summed E-state index contributed by atoms with van der Waals surface area (Å²) in [6.07, 6.45) is 0.491. The zero-order valence-electron chi connectivity index (χ0n) is 10.8. The molecule has 0 radical (unpaired) electrons. The van der Waals surface area contributed by atoms with Crippen molar-refractivity contribution in [2.75, 3.05) is 5.88 Å². The quantitative estimate of drug-likeness (QED) is 0.602. The molecular weight excluding hydrogens is 362 g/mol. The van der Waals surface area contributed by atoms with Gasteiger partial charge in [0.1, 0.15) is 17.5 Å². The Labute approximate surface area is 133 Å². The van der Waals surface area contributed by atoms with Gasteiger partial charge in [0.15, 0.2) is 0 Å². The molecule has 0 amide bonds. The summed E-state index contributed by atoms with van der Waals surface area (Å²) in [6, 6.07) is 9.06. The molecule has 0 aliphatic heterocycles. The standard InChI is InChI=1S/C15H10BrClF2N2/c16-9-1-3-12-14(7-9)21(15(20-12)5-6-17)13-4-2-10(18)8-11(13)19/h1-4,7-8H,5-6H2. The summed E-state index contributed by atoms with van der Waals surface area (Å²) in [4.78, 5) is 4.48. The predicted octanol–water partition coefficient (Wildman–Crippen LogP) is 4.85. The Balaban J connectivity index is 2.32. The molecule has 0 spiro atoms. The average molecular weight is 372 g/mol. The van der Waals surface area contributed by atoms with E-state index in [-0.39, 0.29) is 5.69 Å². The lowest BCUT2D eigenvalue weighted by atomic mass is 10.2. The molecule has 0 atom stereocenters. The highest BCUT2D eigenvalue weighted by Gasteiger charge is 2.15. The lowest BCUT2D eigenvalue weighted by Gasteiger charge is -2.10. The Kier molecular flexibility index (Phi) is 3.95. The smallest absolute Gasteiger partial charge is 0.150 e. The Morgan fingerprint density at radius 2 is 1.95 bits per heavy atom. The van der Waals surface area contributed by atoms with Gasteiger partial charge in [0, 0.05) is 22.8 Å². The Morgan fingerprint density at radius 3 is 2.67 bits per heavy atom. The zero-order valence-corrected chi connectivity index (χ0v) is 13.1. The van der Waals surface area contributed by atoms with E-state index in [9.17, 15) is 8.78 Å². The van der Waals surface area contributed by atoms with E-state index in [0.29, 0.717) is 18.1 Å². The summed E-state index contributed by atoms with van der Waals surface area (Å²) < 4.78 is 29.8. The van der Waals surface area contributed by atoms with Crippen molar-refractivity contribution in [3.05, 3.63) is 58.3 Å². The summed E-state index contributed by atoms with van der Waals surface area (Å²) in [7, 11) is 0. The highest BCUT2D eigenvalue weighted by Crippen LogP contribution is 2.27. The summed E-state index contributed by atoms with van der Waals surface area (Å²) in [6.45, 7) is 0. The Bertz CT molecular complexity index is 817. The molecule has 3 aromatic rings. The van der Waals surface area contributed by atoms with Crippen LogP contribution in [0.3, 0.4) is 0 Å². The van der Waals surface area contributed by atoms with E-state index in [1.807, 2.05) is 18.2 Å². The molecule has 1 heterocycles. The lowest BCUT2D eigenvalue weighted by Crippen LogP contribution is -2.04. The second-order valence-corrected chi connectivity index (χ2v) is 5.82. The Morgan fingerprint density at radius 1 is 1.14 bits per heavy atom. The van der Waals surface area contributed by atoms with Gasteiger partial charge in [0.25, 0.3) is 0 Å². The summed E-state index contributed by atoms with van der Waals surface area (Å²) in [5.74, 6) is -0.234. The minimum absolute atomic E-state index is 0.261. The first kappa shape index (κ1) is 14.5. The van der Waals surface area contributed by atoms with E-state index in [4.69, 9.17) is 11.6 Å². The van der Waals surface area contributed by atoms with Crippen LogP contribution in [-0.2, 0) is 6.42 Å². The van der Waals surface area contributed by atoms with E-state index in [1.165, 1.54) is 12.1 Å². The molecule has 0 N–H and O–H groups in total. The van der Waals surface area contributed by atoms with Crippen LogP contribution in [0.25, 0.3) is 16.7 Å². The second kappa shape index (κ2) is 5.73. The maximum absolute atomic E-state index is 14.1. The highest BCUT2D eigenvalue weighted by atomic mass is 79.9. The van der Waals surface area contributed by atoms with Crippen molar-refractivity contribution in [1.82, 2.24) is 9.55 Å². The number of hydrogen-bond donors (Lipinski definition) is 0. The van der Waals surface area contributed by atoms with Gasteiger partial charge in [-0.1, -0.05) is 15.9 Å². The van der Waals surface area contributed by atoms with Gasteiger partial charge in [-0.25, -0.2) is 13.8 Å². The van der Waals surface area contributed by atoms with Gasteiger partial charge >= 0.3 is 0 Å². The third-order valence-electron chi connectivity index (χ3n) is 3.15. The van der Waals surface area contributed by atoms with E-state index in [2.05, 4.69) is 20.9 Å². The largest absolute Gasteiger partial charge is 0.293 e. The van der Waals surface area contributed by atoms with Gasteiger partial charge in [-0.2, -0.15) is 0 Å². The van der Waals surface area contributed by atoms with Crippen molar-refractivity contribution in [2.24, 2.45) is 0 Å². The molecule has 0 aliphatic rings. The third kappa shape index (κ3) is 2.68. The van der Waals surface area contributed by atoms with Crippen molar-refractivity contribution in [3.63, 3.8) is 0 Å². The molecule has 0 saturated heterocycles. The number of fused-ring (bicyclic) bond motifs is 1. The summed E-state index contributed by atoms with van der Waals surface area (Å²) >= 11 is 9.20. The minimum Gasteiger partial charge on any atom is -0.293 e. The van der Waals surface area contributed by atoms with Gasteiger partial charge in [-0.15, -0.1) is 11.6 Å². The number of rotatable bonds is 3. The van der Waals surface area contributed by atoms with Crippen LogP contribution in [0.4, 0.5) is 8.78 Å². The van der Waals surface area contributed by atoms with Gasteiger partial charge in [-0.05, 0) is 30.3 Å². The fourth-order valence-electron chi connectivity index (χ4n) is 2.28. The number of alkyl halides is 1. The molecule has 2 aromatic carbocycles. The molecular formula is C15H10BrClF2N2. The molecule has 0 saturated carbocycles. The van der Waals surface area contributed by atoms with Crippen LogP contribution < -0.4 is 0 Å². The predicted molar refractivity (Wildman–Crippen MR) is 83.1 cm³/mol. The maximum atomic E-state index is 14.1. The Hall–Kier alpha value is -1.46. The van der Waals surface area contributed by atoms with Crippen molar-refractivity contribution in [2.45, 2.75) is 6.42 Å². The second-order valence-electron chi connectivity index (χ2n) is 4.53. The van der Waals surface area contributed by atoms with Crippen LogP contribution >= 0.6 is 27.5 Å². The van der Waals surface area contributed by atoms with Gasteiger partial charge < -0.3 is 0 Å². The highest BCUT2D eigenvalue weighted by molar-refractivity contribution is 9.10. The zero-order chi connectivity index (χ0) is 15.0. The van der Waals surface area contributed by atoms with Crippen LogP contribution in [0.1, 0.15) is 5.82 Å². The van der Waals surface area contributed by atoms with Crippen LogP contribution in [-0.4, -0.2) is 15.4 Å². The fraction of sp³-hybridized carbons (Fsp3) is 0.133. The fourth-order valence-corrected chi connectivity index (χ4v) is 2.80. The first-order valence-corrected chi connectivity index (χ1v) is 7.61. The van der Waals surface area contributed by atoms with Crippen molar-refractivity contribution >= 4 is 38.6 Å². The van der Waals surface area contributed by atoms with Crippen molar-refractivity contribution in [1.29, 1.82) is 0 Å². The molecule has 1 aromatic heterocycles. The molecule has 0 fully saturated rings. The van der Waals surface area contributed by atoms with E-state index in [0.717, 1.165) is 21.6 Å². The summed E-state index contributed by atoms with van der Waals surface area (Å²) in [5, 5.41) is 0. The SMILES string of the molecule is Fc1ccc(-n2c(CCCl)nc3ccc(Br)cc32)c(F)c1. The van der Waals surface area contributed by atoms with Gasteiger partial charge in [0.2, 0.25) is 0 Å². The van der Waals surface area contributed by atoms with E-state index in [1.54, 1.807) is 4.57 Å². The molecule has 108 valence electrons. The number of aryl methyl sites for hydroxylation is 1. The number of aromatic nitrogens is 2. The molecule has 21 heavy (non-hydrogen) atoms. The minimum atomic E-state index is -0.634. The molecule has 2 nitrogen and oxygen atoms in total. The normalized spacial score (nSPS) is 11.2.